The largest absolute Gasteiger partial charge is 0.348 e. The van der Waals surface area contributed by atoms with Gasteiger partial charge >= 0.3 is 23.5 Å². The number of carbonyl (C=O) groups excluding carboxylic acids is 2. The molecule has 0 fully saturated rings. The van der Waals surface area contributed by atoms with Crippen molar-refractivity contribution in [3.63, 3.8) is 0 Å². The van der Waals surface area contributed by atoms with Crippen molar-refractivity contribution in [1.82, 2.24) is 9.13 Å². The minimum atomic E-state index is -0.242. The Kier molecular flexibility index (Phi) is 15.7. The molecule has 0 bridgehead atoms. The number of imidazole rings is 2. The molecule has 0 spiro atoms. The van der Waals surface area contributed by atoms with Crippen molar-refractivity contribution in [3.8, 4) is 0 Å². The Balaban J connectivity index is 1.18. The molecular weight excluding hydrogens is 717 g/mol. The van der Waals surface area contributed by atoms with E-state index in [1.165, 1.54) is 86.5 Å². The molecule has 8 heteroatoms. The summed E-state index contributed by atoms with van der Waals surface area (Å²) in [5, 5.41) is 6.27. The van der Waals surface area contributed by atoms with Gasteiger partial charge in [-0.05, 0) is 72.2 Å². The summed E-state index contributed by atoms with van der Waals surface area (Å²) in [6, 6.07) is 25.5. The quantitative estimate of drug-likeness (QED) is 0.0541. The number of hydrogen-bond donors (Lipinski definition) is 2. The fourth-order valence-electron chi connectivity index (χ4n) is 8.07. The van der Waals surface area contributed by atoms with Crippen molar-refractivity contribution in [2.75, 3.05) is 10.6 Å². The van der Waals surface area contributed by atoms with Crippen LogP contribution in [0.4, 0.5) is 11.4 Å². The summed E-state index contributed by atoms with van der Waals surface area (Å²) >= 11 is 0. The molecule has 58 heavy (non-hydrogen) atoms. The van der Waals surface area contributed by atoms with Crippen LogP contribution in [0.5, 0.6) is 0 Å². The van der Waals surface area contributed by atoms with Gasteiger partial charge in [0.2, 0.25) is 0 Å². The average Bonchev–Trinajstić information content (AvgIpc) is 3.78. The molecule has 310 valence electrons. The monoisotopic (exact) mass is 787 g/mol. The minimum Gasteiger partial charge on any atom is -0.315 e. The Bertz CT molecular complexity index is 1900. The predicted molar refractivity (Wildman–Crippen MR) is 237 cm³/mol. The number of aromatic nitrogens is 4. The molecule has 0 atom stereocenters. The molecule has 2 heterocycles. The maximum absolute atomic E-state index is 13.4. The summed E-state index contributed by atoms with van der Waals surface area (Å²) in [6.07, 6.45) is 22.6. The van der Waals surface area contributed by atoms with Gasteiger partial charge in [0.1, 0.15) is 24.8 Å². The SMILES string of the molecule is CCCCCCCCn1cc[n+](C)c1C(=O)Nc1ccc(C(C)(C)c2ccc(C(C)(C)c3ccc(NC(=O)c4n(CCCCCCCC)cc[n+]4C)cc3)cc2)cc1. The van der Waals surface area contributed by atoms with Crippen LogP contribution >= 0.6 is 0 Å². The first-order valence-electron chi connectivity index (χ1n) is 21.9. The second-order valence-corrected chi connectivity index (χ2v) is 17.3. The third-order valence-corrected chi connectivity index (χ3v) is 12.1. The van der Waals surface area contributed by atoms with E-state index in [-0.39, 0.29) is 22.6 Å². The molecule has 0 aliphatic heterocycles. The number of aryl methyl sites for hydroxylation is 4. The lowest BCUT2D eigenvalue weighted by Crippen LogP contribution is -2.37. The van der Waals surface area contributed by atoms with Crippen LogP contribution in [-0.2, 0) is 38.0 Å². The number of anilines is 2. The van der Waals surface area contributed by atoms with Crippen LogP contribution in [0.3, 0.4) is 0 Å². The first-order chi connectivity index (χ1) is 27.9. The van der Waals surface area contributed by atoms with Crippen LogP contribution in [0.2, 0.25) is 0 Å². The molecule has 2 N–H and O–H groups in total. The van der Waals surface area contributed by atoms with E-state index in [0.717, 1.165) is 37.3 Å². The maximum atomic E-state index is 13.4. The summed E-state index contributed by atoms with van der Waals surface area (Å²) in [5.41, 5.74) is 5.87. The van der Waals surface area contributed by atoms with Gasteiger partial charge in [0.15, 0.2) is 0 Å². The molecule has 5 rings (SSSR count). The van der Waals surface area contributed by atoms with E-state index >= 15 is 0 Å². The molecule has 0 saturated carbocycles. The zero-order valence-electron chi connectivity index (χ0n) is 36.7. The number of rotatable bonds is 22. The molecule has 5 aromatic rings. The molecule has 2 amide bonds. The number of nitrogens with one attached hydrogen (secondary N) is 2. The van der Waals surface area contributed by atoms with E-state index in [9.17, 15) is 9.59 Å². The topological polar surface area (TPSA) is 75.8 Å². The number of carbonyl (C=O) groups is 2. The van der Waals surface area contributed by atoms with Crippen LogP contribution in [0, 0.1) is 0 Å². The van der Waals surface area contributed by atoms with Gasteiger partial charge in [-0.2, -0.15) is 0 Å². The number of benzene rings is 3. The van der Waals surface area contributed by atoms with Gasteiger partial charge in [-0.3, -0.25) is 9.59 Å². The fraction of sp³-hybridized carbons (Fsp3) is 0.480. The Labute approximate surface area is 348 Å². The van der Waals surface area contributed by atoms with Gasteiger partial charge in [0.25, 0.3) is 0 Å². The van der Waals surface area contributed by atoms with Crippen LogP contribution in [0.15, 0.2) is 97.6 Å². The predicted octanol–water partition coefficient (Wildman–Crippen LogP) is 10.8. The van der Waals surface area contributed by atoms with Crippen LogP contribution in [0.1, 0.15) is 162 Å². The van der Waals surface area contributed by atoms with E-state index in [0.29, 0.717) is 11.6 Å². The zero-order valence-corrected chi connectivity index (χ0v) is 36.7. The summed E-state index contributed by atoms with van der Waals surface area (Å²) in [5.74, 6) is 1.14. The minimum absolute atomic E-state index is 0.0954. The highest BCUT2D eigenvalue weighted by atomic mass is 16.2. The number of unbranched alkanes of at least 4 members (excludes halogenated alkanes) is 10. The van der Waals surface area contributed by atoms with Gasteiger partial charge in [-0.25, -0.2) is 18.3 Å². The Morgan fingerprint density at radius 3 is 1.10 bits per heavy atom. The van der Waals surface area contributed by atoms with Gasteiger partial charge in [0.05, 0.1) is 27.2 Å². The average molecular weight is 787 g/mol. The summed E-state index contributed by atoms with van der Waals surface area (Å²) in [4.78, 5) is 26.8. The standard InChI is InChI=1S/C50H68N6O2/c1-9-11-13-15-17-19-33-55-37-35-53(7)47(55)45(57)51-43-29-25-41(26-30-43)49(3,4)39-21-23-40(24-22-39)50(5,6)42-27-31-44(32-28-42)52-46(58)48-54(8)36-38-56(48)34-20-18-16-14-12-10-2/h21-32,35-38H,9-20,33-34H2,1-8H3/p+2. The van der Waals surface area contributed by atoms with Crippen LogP contribution in [-0.4, -0.2) is 20.9 Å². The molecule has 3 aromatic carbocycles. The Morgan fingerprint density at radius 1 is 0.483 bits per heavy atom. The third kappa shape index (κ3) is 11.1. The number of hydrogen-bond acceptors (Lipinski definition) is 2. The van der Waals surface area contributed by atoms with Crippen molar-refractivity contribution in [2.24, 2.45) is 14.1 Å². The number of nitrogens with zero attached hydrogens (tertiary/aromatic N) is 4. The molecule has 8 nitrogen and oxygen atoms in total. The highest BCUT2D eigenvalue weighted by Gasteiger charge is 2.28. The Hall–Kier alpha value is -4.98. The normalized spacial score (nSPS) is 11.9. The lowest BCUT2D eigenvalue weighted by molar-refractivity contribution is -0.673. The second kappa shape index (κ2) is 20.6. The maximum Gasteiger partial charge on any atom is 0.348 e. The molecule has 0 radical (unpaired) electrons. The van der Waals surface area contributed by atoms with Crippen molar-refractivity contribution >= 4 is 23.2 Å². The smallest absolute Gasteiger partial charge is 0.315 e. The van der Waals surface area contributed by atoms with E-state index in [4.69, 9.17) is 0 Å². The highest BCUT2D eigenvalue weighted by molar-refractivity contribution is 6.01. The van der Waals surface area contributed by atoms with E-state index < -0.39 is 0 Å². The van der Waals surface area contributed by atoms with E-state index in [1.807, 2.05) is 72.3 Å². The molecule has 2 aromatic heterocycles. The Morgan fingerprint density at radius 2 is 0.776 bits per heavy atom. The second-order valence-electron chi connectivity index (χ2n) is 17.3. The van der Waals surface area contributed by atoms with Crippen molar-refractivity contribution < 1.29 is 18.7 Å². The lowest BCUT2D eigenvalue weighted by Gasteiger charge is -2.29. The zero-order chi connectivity index (χ0) is 41.7. The first-order valence-corrected chi connectivity index (χ1v) is 21.9. The van der Waals surface area contributed by atoms with Crippen molar-refractivity contribution in [1.29, 1.82) is 0 Å². The molecule has 0 unspecified atom stereocenters. The lowest BCUT2D eigenvalue weighted by atomic mass is 9.74. The van der Waals surface area contributed by atoms with Gasteiger partial charge in [0, 0.05) is 22.2 Å². The summed E-state index contributed by atoms with van der Waals surface area (Å²) < 4.78 is 7.96. The van der Waals surface area contributed by atoms with E-state index in [1.54, 1.807) is 0 Å². The molecule has 0 aliphatic rings. The van der Waals surface area contributed by atoms with Crippen molar-refractivity contribution in [2.45, 2.75) is 143 Å². The number of amides is 2. The van der Waals surface area contributed by atoms with Gasteiger partial charge < -0.3 is 10.6 Å². The molecular formula is C50H70N6O2+2. The van der Waals surface area contributed by atoms with Crippen molar-refractivity contribution in [3.05, 3.63) is 131 Å². The first kappa shape index (κ1) is 44.1. The summed E-state index contributed by atoms with van der Waals surface area (Å²) in [6.45, 7) is 15.1. The van der Waals surface area contributed by atoms with E-state index in [2.05, 4.69) is 110 Å². The summed E-state index contributed by atoms with van der Waals surface area (Å²) in [7, 11) is 3.86. The van der Waals surface area contributed by atoms with Crippen LogP contribution < -0.4 is 19.8 Å². The van der Waals surface area contributed by atoms with Crippen LogP contribution in [0.25, 0.3) is 0 Å². The fourth-order valence-corrected chi connectivity index (χ4v) is 8.07. The molecule has 0 saturated heterocycles. The third-order valence-electron chi connectivity index (χ3n) is 12.1. The highest BCUT2D eigenvalue weighted by Crippen LogP contribution is 2.36. The van der Waals surface area contributed by atoms with Gasteiger partial charge in [-0.1, -0.05) is 141 Å². The van der Waals surface area contributed by atoms with Gasteiger partial charge in [-0.15, -0.1) is 0 Å². The molecule has 0 aliphatic carbocycles.